The third-order valence-corrected chi connectivity index (χ3v) is 11.3. The van der Waals surface area contributed by atoms with Gasteiger partial charge in [0.1, 0.15) is 0 Å². The zero-order valence-electron chi connectivity index (χ0n) is 26.6. The number of anilines is 2. The van der Waals surface area contributed by atoms with Gasteiger partial charge in [-0.25, -0.2) is 4.79 Å². The first-order valence-corrected chi connectivity index (χ1v) is 17.4. The predicted molar refractivity (Wildman–Crippen MR) is 179 cm³/mol. The smallest absolute Gasteiger partial charge is 0.322 e. The van der Waals surface area contributed by atoms with E-state index < -0.39 is 5.92 Å². The Balaban J connectivity index is 1.09. The fourth-order valence-corrected chi connectivity index (χ4v) is 8.55. The number of aryl methyl sites for hydroxylation is 1. The van der Waals surface area contributed by atoms with Crippen LogP contribution < -0.4 is 11.1 Å². The molecule has 9 heteroatoms. The molecule has 1 saturated carbocycles. The standard InChI is InChI=1S/C36H48ClN5O3/c1-24-20-25(22-31(37)34(24)38)21-29(35(44)41-15-10-27(11-16-41)26-6-2-3-7-26)23-33(43)40-17-13-30(14-18-40)42-19-12-28-8-4-5-9-32(28)39-36(42)45/h4-5,8-9,20,22,26-27,29-30H,2-3,6-7,10-19,21,23,38H2,1H3,(H,39,45)/t29-/m0/s1. The Labute approximate surface area is 272 Å². The highest BCUT2D eigenvalue weighted by molar-refractivity contribution is 6.33. The first-order valence-electron chi connectivity index (χ1n) is 17.0. The van der Waals surface area contributed by atoms with Crippen molar-refractivity contribution in [2.24, 2.45) is 17.8 Å². The SMILES string of the molecule is Cc1cc(C[C@@H](CC(=O)N2CCC(N3CCc4ccccc4NC3=O)CC2)C(=O)N2CCC(C3CCCC3)CC2)cc(Cl)c1N. The van der Waals surface area contributed by atoms with Crippen molar-refractivity contribution in [3.05, 3.63) is 58.1 Å². The molecular formula is C36H48ClN5O3. The summed E-state index contributed by atoms with van der Waals surface area (Å²) < 4.78 is 0. The van der Waals surface area contributed by atoms with Crippen molar-refractivity contribution in [2.45, 2.75) is 83.6 Å². The van der Waals surface area contributed by atoms with E-state index in [1.54, 1.807) is 0 Å². The van der Waals surface area contributed by atoms with Gasteiger partial charge in [-0.05, 0) is 86.1 Å². The van der Waals surface area contributed by atoms with E-state index in [1.165, 1.54) is 25.7 Å². The summed E-state index contributed by atoms with van der Waals surface area (Å²) in [7, 11) is 0. The van der Waals surface area contributed by atoms with Crippen LogP contribution in [0.2, 0.25) is 5.02 Å². The predicted octanol–water partition coefficient (Wildman–Crippen LogP) is 6.29. The van der Waals surface area contributed by atoms with Crippen LogP contribution in [0.3, 0.4) is 0 Å². The van der Waals surface area contributed by atoms with Crippen LogP contribution >= 0.6 is 11.6 Å². The van der Waals surface area contributed by atoms with Crippen molar-refractivity contribution < 1.29 is 14.4 Å². The molecule has 2 aromatic carbocycles. The lowest BCUT2D eigenvalue weighted by molar-refractivity contribution is -0.143. The van der Waals surface area contributed by atoms with Gasteiger partial charge in [0, 0.05) is 50.9 Å². The Bertz CT molecular complexity index is 1370. The number of benzene rings is 2. The lowest BCUT2D eigenvalue weighted by atomic mass is 9.82. The Morgan fingerprint density at radius 3 is 2.31 bits per heavy atom. The first kappa shape index (κ1) is 31.7. The van der Waals surface area contributed by atoms with Crippen LogP contribution in [0, 0.1) is 24.7 Å². The number of urea groups is 1. The summed E-state index contributed by atoms with van der Waals surface area (Å²) in [4.78, 5) is 46.7. The number of nitrogen functional groups attached to an aromatic ring is 1. The number of likely N-dealkylation sites (tertiary alicyclic amines) is 2. The molecular weight excluding hydrogens is 586 g/mol. The molecule has 3 heterocycles. The van der Waals surface area contributed by atoms with E-state index in [0.717, 1.165) is 79.4 Å². The maximum atomic E-state index is 14.1. The lowest BCUT2D eigenvalue weighted by Crippen LogP contribution is -2.50. The van der Waals surface area contributed by atoms with Gasteiger partial charge >= 0.3 is 6.03 Å². The minimum absolute atomic E-state index is 0.0126. The van der Waals surface area contributed by atoms with Crippen LogP contribution in [0.4, 0.5) is 16.2 Å². The second-order valence-corrected chi connectivity index (χ2v) is 14.2. The van der Waals surface area contributed by atoms with Crippen molar-refractivity contribution in [2.75, 3.05) is 43.8 Å². The molecule has 0 bridgehead atoms. The van der Waals surface area contributed by atoms with Gasteiger partial charge in [0.25, 0.3) is 0 Å². The highest BCUT2D eigenvalue weighted by Crippen LogP contribution is 2.37. The summed E-state index contributed by atoms with van der Waals surface area (Å²) in [6.07, 6.45) is 10.4. The molecule has 3 N–H and O–H groups in total. The van der Waals surface area contributed by atoms with Crippen LogP contribution in [-0.4, -0.2) is 71.3 Å². The number of rotatable bonds is 7. The fourth-order valence-electron chi connectivity index (χ4n) is 8.26. The van der Waals surface area contributed by atoms with Gasteiger partial charge in [-0.2, -0.15) is 0 Å². The molecule has 6 rings (SSSR count). The van der Waals surface area contributed by atoms with Crippen molar-refractivity contribution in [1.82, 2.24) is 14.7 Å². The minimum Gasteiger partial charge on any atom is -0.397 e. The van der Waals surface area contributed by atoms with E-state index in [4.69, 9.17) is 17.3 Å². The van der Waals surface area contributed by atoms with Crippen LogP contribution in [0.25, 0.3) is 0 Å². The molecule has 3 fully saturated rings. The van der Waals surface area contributed by atoms with Crippen molar-refractivity contribution >= 4 is 40.8 Å². The maximum Gasteiger partial charge on any atom is 0.322 e. The van der Waals surface area contributed by atoms with Gasteiger partial charge in [-0.3, -0.25) is 9.59 Å². The highest BCUT2D eigenvalue weighted by Gasteiger charge is 2.36. The number of amides is 4. The third kappa shape index (κ3) is 7.26. The van der Waals surface area contributed by atoms with Crippen LogP contribution in [0.1, 0.15) is 74.5 Å². The second-order valence-electron chi connectivity index (χ2n) is 13.8. The zero-order chi connectivity index (χ0) is 31.5. The van der Waals surface area contributed by atoms with Crippen molar-refractivity contribution in [3.63, 3.8) is 0 Å². The molecule has 0 spiro atoms. The van der Waals surface area contributed by atoms with Gasteiger partial charge in [0.2, 0.25) is 11.8 Å². The van der Waals surface area contributed by atoms with Crippen LogP contribution in [-0.2, 0) is 22.4 Å². The molecule has 45 heavy (non-hydrogen) atoms. The van der Waals surface area contributed by atoms with Crippen molar-refractivity contribution in [3.8, 4) is 0 Å². The molecule has 4 amide bonds. The zero-order valence-corrected chi connectivity index (χ0v) is 27.4. The van der Waals surface area contributed by atoms with E-state index in [1.807, 2.05) is 52.0 Å². The number of hydrogen-bond acceptors (Lipinski definition) is 4. The summed E-state index contributed by atoms with van der Waals surface area (Å²) in [5, 5.41) is 3.56. The molecule has 3 aliphatic heterocycles. The number of hydrogen-bond donors (Lipinski definition) is 2. The maximum absolute atomic E-state index is 14.1. The Morgan fingerprint density at radius 1 is 0.933 bits per heavy atom. The molecule has 1 atom stereocenters. The topological polar surface area (TPSA) is 99.0 Å². The van der Waals surface area contributed by atoms with Gasteiger partial charge in [0.05, 0.1) is 16.6 Å². The van der Waals surface area contributed by atoms with E-state index >= 15 is 0 Å². The van der Waals surface area contributed by atoms with E-state index in [0.29, 0.717) is 36.8 Å². The average Bonchev–Trinajstić information content (AvgIpc) is 3.53. The summed E-state index contributed by atoms with van der Waals surface area (Å²) in [5.74, 6) is 1.18. The quantitative estimate of drug-likeness (QED) is 0.350. The number of nitrogens with one attached hydrogen (secondary N) is 1. The normalized spacial score (nSPS) is 20.9. The molecule has 0 aromatic heterocycles. The van der Waals surface area contributed by atoms with Crippen LogP contribution in [0.15, 0.2) is 36.4 Å². The number of carbonyl (C=O) groups is 3. The molecule has 2 saturated heterocycles. The monoisotopic (exact) mass is 633 g/mol. The molecule has 0 radical (unpaired) electrons. The van der Waals surface area contributed by atoms with E-state index in [-0.39, 0.29) is 30.3 Å². The molecule has 8 nitrogen and oxygen atoms in total. The first-order chi connectivity index (χ1) is 21.8. The second kappa shape index (κ2) is 14.0. The molecule has 0 unspecified atom stereocenters. The van der Waals surface area contributed by atoms with E-state index in [2.05, 4.69) is 11.4 Å². The number of nitrogens with zero attached hydrogens (tertiary/aromatic N) is 3. The number of para-hydroxylation sites is 1. The number of carbonyl (C=O) groups excluding carboxylic acids is 3. The third-order valence-electron chi connectivity index (χ3n) is 11.0. The van der Waals surface area contributed by atoms with Crippen LogP contribution in [0.5, 0.6) is 0 Å². The van der Waals surface area contributed by atoms with Gasteiger partial charge in [-0.1, -0.05) is 61.5 Å². The Hall–Kier alpha value is -3.26. The largest absolute Gasteiger partial charge is 0.397 e. The van der Waals surface area contributed by atoms with Gasteiger partial charge in [0.15, 0.2) is 0 Å². The Kier molecular flexibility index (Phi) is 9.88. The summed E-state index contributed by atoms with van der Waals surface area (Å²) >= 11 is 6.43. The van der Waals surface area contributed by atoms with Gasteiger partial charge in [-0.15, -0.1) is 0 Å². The lowest BCUT2D eigenvalue weighted by Gasteiger charge is -2.39. The molecule has 4 aliphatic rings. The van der Waals surface area contributed by atoms with E-state index in [9.17, 15) is 14.4 Å². The number of piperidine rings is 2. The number of fused-ring (bicyclic) bond motifs is 1. The number of halogens is 1. The summed E-state index contributed by atoms with van der Waals surface area (Å²) in [6.45, 7) is 5.31. The molecule has 242 valence electrons. The van der Waals surface area contributed by atoms with Crippen molar-refractivity contribution in [1.29, 1.82) is 0 Å². The average molecular weight is 634 g/mol. The van der Waals surface area contributed by atoms with Gasteiger partial charge < -0.3 is 25.8 Å². The fraction of sp³-hybridized carbons (Fsp3) is 0.583. The summed E-state index contributed by atoms with van der Waals surface area (Å²) in [5.41, 5.74) is 10.5. The highest BCUT2D eigenvalue weighted by atomic mass is 35.5. The molecule has 2 aromatic rings. The summed E-state index contributed by atoms with van der Waals surface area (Å²) in [6, 6.07) is 11.8. The number of nitrogens with two attached hydrogens (primary N) is 1. The Morgan fingerprint density at radius 2 is 1.60 bits per heavy atom. The minimum atomic E-state index is -0.452. The molecule has 1 aliphatic carbocycles.